The molecule has 0 fully saturated rings. The minimum absolute atomic E-state index is 0. The topological polar surface area (TPSA) is 46.2 Å². The minimum Gasteiger partial charge on any atom is -0.389 e. The molecule has 15 heavy (non-hydrogen) atoms. The number of aliphatic hydroxyl groups is 1. The van der Waals surface area contributed by atoms with Crippen LogP contribution in [-0.4, -0.2) is 11.7 Å². The van der Waals surface area contributed by atoms with Crippen LogP contribution in [0.25, 0.3) is 0 Å². The van der Waals surface area contributed by atoms with E-state index in [0.29, 0.717) is 6.54 Å². The Bertz CT molecular complexity index is 285. The summed E-state index contributed by atoms with van der Waals surface area (Å²) in [6.07, 6.45) is -0.486. The van der Waals surface area contributed by atoms with Crippen LogP contribution in [0.3, 0.4) is 0 Å². The van der Waals surface area contributed by atoms with E-state index < -0.39 is 6.10 Å². The minimum atomic E-state index is -0.486. The van der Waals surface area contributed by atoms with E-state index in [1.165, 1.54) is 0 Å². The zero-order valence-corrected chi connectivity index (χ0v) is 9.46. The summed E-state index contributed by atoms with van der Waals surface area (Å²) in [6.45, 7) is 0.296. The second-order valence-corrected chi connectivity index (χ2v) is 2.93. The standard InChI is InChI=1S/C7H10NO.C5H5.Fe/c8-5-7(9)6-3-1-2-4-6;1-2-4-5-3-1;/h1-4,7,9H,5,8H2;1-5H;/q2*-1;+2. The molecule has 0 aliphatic rings. The number of hydrogen-bond acceptors (Lipinski definition) is 2. The normalized spacial score (nSPS) is 10.8. The Balaban J connectivity index is 0.000000280. The molecule has 0 spiro atoms. The first-order valence-corrected chi connectivity index (χ1v) is 4.61. The molecule has 0 aliphatic heterocycles. The first kappa shape index (κ1) is 14.1. The van der Waals surface area contributed by atoms with Crippen molar-refractivity contribution in [3.63, 3.8) is 0 Å². The number of hydrogen-bond donors (Lipinski definition) is 2. The number of aliphatic hydroxyl groups excluding tert-OH is 1. The summed E-state index contributed by atoms with van der Waals surface area (Å²) in [7, 11) is 0. The zero-order chi connectivity index (χ0) is 10.2. The molecule has 2 aromatic rings. The monoisotopic (exact) mass is 245 g/mol. The molecule has 0 aliphatic carbocycles. The Morgan fingerprint density at radius 3 is 2.20 bits per heavy atom. The van der Waals surface area contributed by atoms with Crippen molar-refractivity contribution in [2.24, 2.45) is 5.73 Å². The molecule has 1 unspecified atom stereocenters. The van der Waals surface area contributed by atoms with Gasteiger partial charge >= 0.3 is 17.1 Å². The maximum atomic E-state index is 9.09. The molecule has 2 nitrogen and oxygen atoms in total. The van der Waals surface area contributed by atoms with Gasteiger partial charge < -0.3 is 10.8 Å². The van der Waals surface area contributed by atoms with E-state index in [2.05, 4.69) is 0 Å². The van der Waals surface area contributed by atoms with Gasteiger partial charge in [0.1, 0.15) is 0 Å². The molecule has 0 radical (unpaired) electrons. The molecule has 0 bridgehead atoms. The molecular weight excluding hydrogens is 230 g/mol. The van der Waals surface area contributed by atoms with Crippen LogP contribution in [-0.2, 0) is 17.1 Å². The van der Waals surface area contributed by atoms with Crippen molar-refractivity contribution in [3.8, 4) is 0 Å². The van der Waals surface area contributed by atoms with Crippen LogP contribution in [0.15, 0.2) is 54.6 Å². The number of rotatable bonds is 2. The molecule has 3 heteroatoms. The van der Waals surface area contributed by atoms with E-state index in [0.717, 1.165) is 5.56 Å². The molecular formula is C12H15FeNO. The second kappa shape index (κ2) is 8.45. The van der Waals surface area contributed by atoms with E-state index in [1.807, 2.05) is 54.6 Å². The first-order valence-electron chi connectivity index (χ1n) is 4.61. The third-order valence-electron chi connectivity index (χ3n) is 1.85. The Hall–Kier alpha value is -0.861. The molecule has 0 heterocycles. The molecule has 2 rings (SSSR count). The summed E-state index contributed by atoms with van der Waals surface area (Å²) in [5.74, 6) is 0. The van der Waals surface area contributed by atoms with E-state index in [-0.39, 0.29) is 17.1 Å². The van der Waals surface area contributed by atoms with Crippen molar-refractivity contribution in [3.05, 3.63) is 60.2 Å². The van der Waals surface area contributed by atoms with Crippen molar-refractivity contribution >= 4 is 0 Å². The Labute approximate surface area is 101 Å². The number of nitrogens with two attached hydrogens (primary N) is 1. The van der Waals surface area contributed by atoms with Gasteiger partial charge in [0.15, 0.2) is 0 Å². The molecule has 0 saturated heterocycles. The fourth-order valence-corrected chi connectivity index (χ4v) is 1.07. The van der Waals surface area contributed by atoms with Crippen molar-refractivity contribution in [1.82, 2.24) is 0 Å². The Kier molecular flexibility index (Phi) is 7.96. The van der Waals surface area contributed by atoms with Crippen LogP contribution in [0.5, 0.6) is 0 Å². The molecule has 2 aromatic carbocycles. The van der Waals surface area contributed by atoms with E-state index in [9.17, 15) is 0 Å². The van der Waals surface area contributed by atoms with Crippen LogP contribution in [0, 0.1) is 0 Å². The second-order valence-electron chi connectivity index (χ2n) is 2.93. The average Bonchev–Trinajstić information content (AvgIpc) is 2.91. The van der Waals surface area contributed by atoms with Crippen LogP contribution in [0.2, 0.25) is 0 Å². The maximum Gasteiger partial charge on any atom is 2.00 e. The summed E-state index contributed by atoms with van der Waals surface area (Å²) in [5.41, 5.74) is 6.11. The molecule has 3 N–H and O–H groups in total. The summed E-state index contributed by atoms with van der Waals surface area (Å²) in [5, 5.41) is 9.09. The van der Waals surface area contributed by atoms with Gasteiger partial charge in [0, 0.05) is 6.54 Å². The van der Waals surface area contributed by atoms with E-state index in [4.69, 9.17) is 10.8 Å². The molecule has 0 saturated carbocycles. The van der Waals surface area contributed by atoms with Crippen molar-refractivity contribution in [2.45, 2.75) is 6.10 Å². The van der Waals surface area contributed by atoms with Crippen LogP contribution in [0.4, 0.5) is 0 Å². The largest absolute Gasteiger partial charge is 2.00 e. The van der Waals surface area contributed by atoms with Gasteiger partial charge in [-0.1, -0.05) is 0 Å². The smallest absolute Gasteiger partial charge is 0.389 e. The summed E-state index contributed by atoms with van der Waals surface area (Å²) >= 11 is 0. The van der Waals surface area contributed by atoms with Gasteiger partial charge in [-0.15, -0.1) is 5.56 Å². The third kappa shape index (κ3) is 5.55. The first-order chi connectivity index (χ1) is 6.84. The average molecular weight is 245 g/mol. The summed E-state index contributed by atoms with van der Waals surface area (Å²) < 4.78 is 0. The maximum absolute atomic E-state index is 9.09. The van der Waals surface area contributed by atoms with Gasteiger partial charge in [-0.25, -0.2) is 24.3 Å². The van der Waals surface area contributed by atoms with Gasteiger partial charge in [-0.05, 0) is 0 Å². The van der Waals surface area contributed by atoms with Gasteiger partial charge in [0.05, 0.1) is 6.10 Å². The Morgan fingerprint density at radius 2 is 1.87 bits per heavy atom. The SMILES string of the molecule is NCC(O)c1ccc[cH-]1.[Fe+2].c1cc[cH-]c1. The quantitative estimate of drug-likeness (QED) is 0.626. The fraction of sp³-hybridized carbons (Fsp3) is 0.167. The predicted molar refractivity (Wildman–Crippen MR) is 58.1 cm³/mol. The van der Waals surface area contributed by atoms with E-state index >= 15 is 0 Å². The summed E-state index contributed by atoms with van der Waals surface area (Å²) in [4.78, 5) is 0. The van der Waals surface area contributed by atoms with Crippen molar-refractivity contribution in [2.75, 3.05) is 6.54 Å². The molecule has 1 atom stereocenters. The van der Waals surface area contributed by atoms with Crippen LogP contribution >= 0.6 is 0 Å². The Morgan fingerprint density at radius 1 is 1.20 bits per heavy atom. The van der Waals surface area contributed by atoms with Crippen molar-refractivity contribution < 1.29 is 22.2 Å². The molecule has 0 aromatic heterocycles. The van der Waals surface area contributed by atoms with Gasteiger partial charge in [-0.2, -0.15) is 30.3 Å². The van der Waals surface area contributed by atoms with Crippen molar-refractivity contribution in [1.29, 1.82) is 0 Å². The summed E-state index contributed by atoms with van der Waals surface area (Å²) in [6, 6.07) is 17.5. The van der Waals surface area contributed by atoms with Gasteiger partial charge in [-0.3, -0.25) is 0 Å². The molecule has 82 valence electrons. The van der Waals surface area contributed by atoms with Gasteiger partial charge in [0.2, 0.25) is 0 Å². The fourth-order valence-electron chi connectivity index (χ4n) is 1.07. The molecule has 0 amide bonds. The predicted octanol–water partition coefficient (Wildman–Crippen LogP) is 1.80. The van der Waals surface area contributed by atoms with Crippen LogP contribution in [0.1, 0.15) is 11.7 Å². The zero-order valence-electron chi connectivity index (χ0n) is 8.36. The third-order valence-corrected chi connectivity index (χ3v) is 1.85. The van der Waals surface area contributed by atoms with Gasteiger partial charge in [0.25, 0.3) is 0 Å². The van der Waals surface area contributed by atoms with Crippen LogP contribution < -0.4 is 5.73 Å². The van der Waals surface area contributed by atoms with E-state index in [1.54, 1.807) is 0 Å².